The number of hydrogen-bond acceptors (Lipinski definition) is 6. The fourth-order valence-electron chi connectivity index (χ4n) is 4.58. The normalized spacial score (nSPS) is 20.3. The summed E-state index contributed by atoms with van der Waals surface area (Å²) >= 11 is 0. The number of rotatable bonds is 10. The van der Waals surface area contributed by atoms with Crippen LogP contribution in [-0.2, 0) is 19.1 Å². The Hall–Kier alpha value is -3.39. The first-order chi connectivity index (χ1) is 17.0. The average molecular weight is 480 g/mol. The summed E-state index contributed by atoms with van der Waals surface area (Å²) in [4.78, 5) is 24.4. The fourth-order valence-corrected chi connectivity index (χ4v) is 4.58. The molecule has 186 valence electrons. The molecule has 1 heterocycles. The summed E-state index contributed by atoms with van der Waals surface area (Å²) in [6.45, 7) is 0.288. The van der Waals surface area contributed by atoms with E-state index in [0.29, 0.717) is 24.3 Å². The molecule has 0 unspecified atom stereocenters. The minimum absolute atomic E-state index is 0.0404. The van der Waals surface area contributed by atoms with Crippen LogP contribution in [0, 0.1) is 11.3 Å². The van der Waals surface area contributed by atoms with E-state index in [1.807, 2.05) is 48.5 Å². The lowest BCUT2D eigenvalue weighted by Gasteiger charge is -2.21. The number of nitrogen functional groups attached to an aromatic ring is 1. The van der Waals surface area contributed by atoms with Gasteiger partial charge in [-0.15, -0.1) is 0 Å². The lowest BCUT2D eigenvalue weighted by Crippen LogP contribution is -2.31. The molecule has 2 atom stereocenters. The van der Waals surface area contributed by atoms with Crippen LogP contribution in [0.2, 0.25) is 0 Å². The lowest BCUT2D eigenvalue weighted by atomic mass is 9.98. The minimum atomic E-state index is -0.411. The van der Waals surface area contributed by atoms with Gasteiger partial charge in [-0.05, 0) is 42.5 Å². The quantitative estimate of drug-likeness (QED) is 0.206. The van der Waals surface area contributed by atoms with E-state index in [0.717, 1.165) is 36.8 Å². The van der Waals surface area contributed by atoms with Crippen LogP contribution in [-0.4, -0.2) is 43.3 Å². The van der Waals surface area contributed by atoms with Gasteiger partial charge in [-0.2, -0.15) is 0 Å². The smallest absolute Gasteiger partial charge is 0.308 e. The second kappa shape index (κ2) is 11.8. The van der Waals surface area contributed by atoms with Gasteiger partial charge in [0.05, 0.1) is 24.5 Å². The van der Waals surface area contributed by atoms with Gasteiger partial charge >= 0.3 is 5.97 Å². The van der Waals surface area contributed by atoms with Crippen molar-refractivity contribution in [3.8, 4) is 16.9 Å². The zero-order valence-electron chi connectivity index (χ0n) is 19.8. The van der Waals surface area contributed by atoms with Crippen molar-refractivity contribution < 1.29 is 23.8 Å². The molecule has 8 nitrogen and oxygen atoms in total. The summed E-state index contributed by atoms with van der Waals surface area (Å²) in [5, 5.41) is 10.4. The summed E-state index contributed by atoms with van der Waals surface area (Å²) in [5.74, 6) is -0.220. The molecule has 8 heteroatoms. The standard InChI is InChI=1S/C27H33N3O5/c28-26(29)20-8-6-18(7-9-20)19-10-12-24(13-11-19)33-16-22-14-21(27(32)30-22)15-25(31)35-17-34-23-4-2-1-3-5-23/h6-13,21-23H,1-5,14-17H2,(H3,28,29)(H,30,32)/t21-,22-/m0/s1. The number of amides is 1. The molecule has 2 fully saturated rings. The second-order valence-electron chi connectivity index (χ2n) is 9.23. The zero-order chi connectivity index (χ0) is 24.6. The number of benzene rings is 2. The number of amidine groups is 1. The van der Waals surface area contributed by atoms with Crippen molar-refractivity contribution in [3.63, 3.8) is 0 Å². The molecule has 0 radical (unpaired) electrons. The Morgan fingerprint density at radius 1 is 1.00 bits per heavy atom. The Morgan fingerprint density at radius 2 is 1.66 bits per heavy atom. The molecule has 2 aliphatic rings. The summed E-state index contributed by atoms with van der Waals surface area (Å²) in [5.41, 5.74) is 8.23. The van der Waals surface area contributed by atoms with Crippen LogP contribution in [0.1, 0.15) is 50.5 Å². The molecule has 1 saturated carbocycles. The molecular formula is C27H33N3O5. The first kappa shape index (κ1) is 24.7. The van der Waals surface area contributed by atoms with E-state index in [1.54, 1.807) is 0 Å². The van der Waals surface area contributed by atoms with E-state index in [-0.39, 0.29) is 37.1 Å². The van der Waals surface area contributed by atoms with Crippen LogP contribution in [0.25, 0.3) is 11.1 Å². The van der Waals surface area contributed by atoms with Gasteiger partial charge in [0.15, 0.2) is 6.79 Å². The van der Waals surface area contributed by atoms with Crippen molar-refractivity contribution in [3.05, 3.63) is 54.1 Å². The number of nitrogens with two attached hydrogens (primary N) is 1. The Labute approximate surface area is 205 Å². The number of carbonyl (C=O) groups is 2. The van der Waals surface area contributed by atoms with Crippen molar-refractivity contribution in [2.24, 2.45) is 11.7 Å². The monoisotopic (exact) mass is 479 g/mol. The Bertz CT molecular complexity index is 1020. The van der Waals surface area contributed by atoms with Crippen LogP contribution in [0.4, 0.5) is 0 Å². The van der Waals surface area contributed by atoms with Gasteiger partial charge < -0.3 is 25.3 Å². The maximum atomic E-state index is 12.3. The lowest BCUT2D eigenvalue weighted by molar-refractivity contribution is -0.164. The van der Waals surface area contributed by atoms with Crippen molar-refractivity contribution in [1.29, 1.82) is 5.41 Å². The summed E-state index contributed by atoms with van der Waals surface area (Å²) < 4.78 is 16.7. The van der Waals surface area contributed by atoms with Crippen molar-refractivity contribution >= 4 is 17.7 Å². The molecule has 1 aliphatic carbocycles. The van der Waals surface area contributed by atoms with E-state index in [9.17, 15) is 9.59 Å². The van der Waals surface area contributed by atoms with Crippen LogP contribution in [0.3, 0.4) is 0 Å². The Kier molecular flexibility index (Phi) is 8.36. The predicted molar refractivity (Wildman–Crippen MR) is 132 cm³/mol. The number of hydrogen-bond donors (Lipinski definition) is 3. The highest BCUT2D eigenvalue weighted by atomic mass is 16.7. The third-order valence-electron chi connectivity index (χ3n) is 6.61. The van der Waals surface area contributed by atoms with E-state index in [4.69, 9.17) is 25.4 Å². The molecule has 4 rings (SSSR count). The van der Waals surface area contributed by atoms with E-state index >= 15 is 0 Å². The summed E-state index contributed by atoms with van der Waals surface area (Å²) in [6.07, 6.45) is 6.33. The van der Waals surface area contributed by atoms with Gasteiger partial charge in [0.2, 0.25) is 5.91 Å². The van der Waals surface area contributed by atoms with Gasteiger partial charge in [-0.3, -0.25) is 15.0 Å². The number of nitrogens with one attached hydrogen (secondary N) is 2. The van der Waals surface area contributed by atoms with Crippen LogP contribution < -0.4 is 15.8 Å². The molecule has 1 amide bonds. The SMILES string of the molecule is N=C(N)c1ccc(-c2ccc(OC[C@@H]3C[C@@H](CC(=O)OCOC4CCCCC4)C(=O)N3)cc2)cc1. The maximum Gasteiger partial charge on any atom is 0.308 e. The van der Waals surface area contributed by atoms with Crippen molar-refractivity contribution in [2.75, 3.05) is 13.4 Å². The highest BCUT2D eigenvalue weighted by molar-refractivity contribution is 5.95. The van der Waals surface area contributed by atoms with Crippen molar-refractivity contribution in [1.82, 2.24) is 5.32 Å². The molecule has 0 bridgehead atoms. The van der Waals surface area contributed by atoms with Crippen LogP contribution in [0.5, 0.6) is 5.75 Å². The predicted octanol–water partition coefficient (Wildman–Crippen LogP) is 3.76. The minimum Gasteiger partial charge on any atom is -0.491 e. The molecule has 4 N–H and O–H groups in total. The largest absolute Gasteiger partial charge is 0.491 e. The average Bonchev–Trinajstić information content (AvgIpc) is 3.22. The third kappa shape index (κ3) is 7.05. The molecule has 2 aromatic rings. The summed E-state index contributed by atoms with van der Waals surface area (Å²) in [7, 11) is 0. The summed E-state index contributed by atoms with van der Waals surface area (Å²) in [6, 6.07) is 15.0. The van der Waals surface area contributed by atoms with Crippen molar-refractivity contribution in [2.45, 2.75) is 57.1 Å². The van der Waals surface area contributed by atoms with Crippen LogP contribution in [0.15, 0.2) is 48.5 Å². The van der Waals surface area contributed by atoms with Gasteiger partial charge in [0, 0.05) is 5.56 Å². The fraction of sp³-hybridized carbons (Fsp3) is 0.444. The second-order valence-corrected chi connectivity index (χ2v) is 9.23. The van der Waals surface area contributed by atoms with Gasteiger partial charge in [-0.25, -0.2) is 0 Å². The number of ether oxygens (including phenoxy) is 3. The zero-order valence-corrected chi connectivity index (χ0v) is 19.8. The van der Waals surface area contributed by atoms with Gasteiger partial charge in [0.1, 0.15) is 18.2 Å². The first-order valence-electron chi connectivity index (χ1n) is 12.2. The molecule has 35 heavy (non-hydrogen) atoms. The highest BCUT2D eigenvalue weighted by Crippen LogP contribution is 2.25. The molecule has 2 aromatic carbocycles. The van der Waals surface area contributed by atoms with E-state index in [1.165, 1.54) is 6.42 Å². The maximum absolute atomic E-state index is 12.3. The Morgan fingerprint density at radius 3 is 2.31 bits per heavy atom. The highest BCUT2D eigenvalue weighted by Gasteiger charge is 2.34. The van der Waals surface area contributed by atoms with E-state index in [2.05, 4.69) is 5.32 Å². The molecule has 0 spiro atoms. The number of esters is 1. The first-order valence-corrected chi connectivity index (χ1v) is 12.2. The Balaban J connectivity index is 1.18. The van der Waals surface area contributed by atoms with Crippen LogP contribution >= 0.6 is 0 Å². The third-order valence-corrected chi connectivity index (χ3v) is 6.61. The molecular weight excluding hydrogens is 446 g/mol. The molecule has 1 aliphatic heterocycles. The molecule has 0 aromatic heterocycles. The van der Waals surface area contributed by atoms with E-state index < -0.39 is 11.9 Å². The van der Waals surface area contributed by atoms with Gasteiger partial charge in [0.25, 0.3) is 0 Å². The topological polar surface area (TPSA) is 124 Å². The van der Waals surface area contributed by atoms with Gasteiger partial charge in [-0.1, -0.05) is 55.7 Å². The number of carbonyl (C=O) groups excluding carboxylic acids is 2. The molecule has 1 saturated heterocycles.